The molecule has 1 aromatic heterocycles. The minimum Gasteiger partial charge on any atom is -0.369 e. The van der Waals surface area contributed by atoms with E-state index < -0.39 is 0 Å². The van der Waals surface area contributed by atoms with E-state index in [0.717, 1.165) is 35.4 Å². The molecule has 4 N–H and O–H groups in total. The molecule has 0 atom stereocenters. The fourth-order valence-electron chi connectivity index (χ4n) is 3.81. The third-order valence-corrected chi connectivity index (χ3v) is 6.49. The second-order valence-electron chi connectivity index (χ2n) is 8.87. The summed E-state index contributed by atoms with van der Waals surface area (Å²) in [6.07, 6.45) is 5.37. The summed E-state index contributed by atoms with van der Waals surface area (Å²) in [5, 5.41) is 12.3. The number of hydrogen-bond donors (Lipinski definition) is 2. The number of quaternary nitrogens is 1. The van der Waals surface area contributed by atoms with Crippen molar-refractivity contribution in [3.63, 3.8) is 0 Å². The van der Waals surface area contributed by atoms with Gasteiger partial charge in [0.05, 0.1) is 25.3 Å². The van der Waals surface area contributed by atoms with Gasteiger partial charge >= 0.3 is 0 Å². The third kappa shape index (κ3) is 5.82. The zero-order chi connectivity index (χ0) is 20.9. The van der Waals surface area contributed by atoms with Crippen molar-refractivity contribution in [1.29, 1.82) is 0 Å². The van der Waals surface area contributed by atoms with Crippen LogP contribution in [0.1, 0.15) is 64.5 Å². The number of rotatable bonds is 9. The predicted octanol–water partition coefficient (Wildman–Crippen LogP) is 2.89. The number of carbonyl (C=O) groups is 1. The van der Waals surface area contributed by atoms with E-state index in [1.807, 2.05) is 0 Å². The van der Waals surface area contributed by atoms with Gasteiger partial charge in [0.1, 0.15) is 0 Å². The molecule has 0 bridgehead atoms. The van der Waals surface area contributed by atoms with Gasteiger partial charge in [-0.2, -0.15) is 0 Å². The maximum Gasteiger partial charge on any atom is 0.223 e. The third-order valence-electron chi connectivity index (χ3n) is 5.51. The van der Waals surface area contributed by atoms with Gasteiger partial charge in [-0.15, -0.1) is 10.2 Å². The quantitative estimate of drug-likeness (QED) is 0.486. The van der Waals surface area contributed by atoms with Crippen molar-refractivity contribution in [3.05, 3.63) is 29.8 Å². The van der Waals surface area contributed by atoms with Crippen molar-refractivity contribution in [2.24, 2.45) is 5.73 Å². The van der Waals surface area contributed by atoms with Crippen LogP contribution >= 0.6 is 11.8 Å². The highest BCUT2D eigenvalue weighted by Gasteiger charge is 2.25. The van der Waals surface area contributed by atoms with Crippen molar-refractivity contribution in [2.45, 2.75) is 69.5 Å². The Kier molecular flexibility index (Phi) is 7.35. The maximum absolute atomic E-state index is 10.8. The smallest absolute Gasteiger partial charge is 0.223 e. The van der Waals surface area contributed by atoms with Crippen LogP contribution < -0.4 is 11.1 Å². The molecule has 1 amide bonds. The molecule has 1 aromatic carbocycles. The van der Waals surface area contributed by atoms with E-state index in [0.29, 0.717) is 12.5 Å². The standard InChI is InChI=1S/C22H33N5OS/c1-22(2,3)17-10-8-16(9-11-17)20-25-26-21(27(20)18-6-4-5-7-18)29-15-14-24-13-12-19(23)28/h8-11,18,24H,4-7,12-15H2,1-3H3,(H2,23,28)/p+1. The Balaban J connectivity index is 1.73. The van der Waals surface area contributed by atoms with Crippen molar-refractivity contribution >= 4 is 17.7 Å². The Morgan fingerprint density at radius 3 is 2.48 bits per heavy atom. The normalized spacial score (nSPS) is 15.1. The molecule has 6 nitrogen and oxygen atoms in total. The second kappa shape index (κ2) is 9.76. The number of aromatic nitrogens is 3. The summed E-state index contributed by atoms with van der Waals surface area (Å²) in [4.78, 5) is 10.8. The number of primary amides is 1. The molecule has 29 heavy (non-hydrogen) atoms. The molecule has 1 aliphatic carbocycles. The van der Waals surface area contributed by atoms with Crippen LogP contribution in [0.3, 0.4) is 0 Å². The largest absolute Gasteiger partial charge is 0.369 e. The summed E-state index contributed by atoms with van der Waals surface area (Å²) >= 11 is 1.76. The number of hydrogen-bond acceptors (Lipinski definition) is 4. The Bertz CT molecular complexity index is 804. The molecule has 0 spiro atoms. The molecule has 1 fully saturated rings. The highest BCUT2D eigenvalue weighted by Crippen LogP contribution is 2.36. The van der Waals surface area contributed by atoms with Gasteiger partial charge in [-0.3, -0.25) is 9.36 Å². The molecule has 7 heteroatoms. The van der Waals surface area contributed by atoms with Crippen molar-refractivity contribution < 1.29 is 10.1 Å². The van der Waals surface area contributed by atoms with Gasteiger partial charge < -0.3 is 11.1 Å². The molecule has 0 unspecified atom stereocenters. The van der Waals surface area contributed by atoms with Gasteiger partial charge in [0.25, 0.3) is 0 Å². The van der Waals surface area contributed by atoms with Crippen molar-refractivity contribution in [2.75, 3.05) is 18.8 Å². The number of benzene rings is 1. The molecule has 3 rings (SSSR count). The molecular weight excluding hydrogens is 382 g/mol. The molecule has 1 saturated carbocycles. The number of thioether (sulfide) groups is 1. The zero-order valence-electron chi connectivity index (χ0n) is 17.9. The molecule has 2 aromatic rings. The summed E-state index contributed by atoms with van der Waals surface area (Å²) in [5.41, 5.74) is 7.80. The van der Waals surface area contributed by atoms with Crippen LogP contribution in [-0.2, 0) is 10.2 Å². The van der Waals surface area contributed by atoms with Crippen LogP contribution in [0.25, 0.3) is 11.4 Å². The van der Waals surface area contributed by atoms with Crippen LogP contribution in [-0.4, -0.2) is 39.5 Å². The Morgan fingerprint density at radius 1 is 1.17 bits per heavy atom. The van der Waals surface area contributed by atoms with Crippen LogP contribution in [0.2, 0.25) is 0 Å². The monoisotopic (exact) mass is 416 g/mol. The van der Waals surface area contributed by atoms with Gasteiger partial charge in [-0.1, -0.05) is 69.6 Å². The number of carbonyl (C=O) groups excluding carboxylic acids is 1. The average Bonchev–Trinajstić information content (AvgIpc) is 3.33. The van der Waals surface area contributed by atoms with Crippen LogP contribution in [0.4, 0.5) is 0 Å². The maximum atomic E-state index is 10.8. The van der Waals surface area contributed by atoms with Crippen LogP contribution in [0.15, 0.2) is 29.4 Å². The Hall–Kier alpha value is -1.86. The second-order valence-corrected chi connectivity index (χ2v) is 9.93. The highest BCUT2D eigenvalue weighted by atomic mass is 32.2. The first-order valence-electron chi connectivity index (χ1n) is 10.6. The molecule has 0 aliphatic heterocycles. The lowest BCUT2D eigenvalue weighted by Gasteiger charge is -2.20. The van der Waals surface area contributed by atoms with E-state index in [4.69, 9.17) is 5.73 Å². The van der Waals surface area contributed by atoms with Crippen molar-refractivity contribution in [3.8, 4) is 11.4 Å². The van der Waals surface area contributed by atoms with Crippen molar-refractivity contribution in [1.82, 2.24) is 14.8 Å². The number of nitrogens with zero attached hydrogens (tertiary/aromatic N) is 3. The number of amides is 1. The summed E-state index contributed by atoms with van der Waals surface area (Å²) in [5.74, 6) is 1.68. The summed E-state index contributed by atoms with van der Waals surface area (Å²) in [7, 11) is 0. The van der Waals surface area contributed by atoms with E-state index in [1.165, 1.54) is 31.2 Å². The molecule has 0 radical (unpaired) electrons. The van der Waals surface area contributed by atoms with Gasteiger partial charge in [-0.25, -0.2) is 0 Å². The van der Waals surface area contributed by atoms with Gasteiger partial charge in [0.2, 0.25) is 5.91 Å². The Labute approximate surface area is 178 Å². The van der Waals surface area contributed by atoms with Gasteiger partial charge in [0, 0.05) is 11.6 Å². The zero-order valence-corrected chi connectivity index (χ0v) is 18.7. The van der Waals surface area contributed by atoms with E-state index in [2.05, 4.69) is 65.1 Å². The SMILES string of the molecule is CC(C)(C)c1ccc(-c2nnc(SCC[NH2+]CCC(N)=O)n2C2CCCC2)cc1. The first-order valence-corrected chi connectivity index (χ1v) is 11.6. The highest BCUT2D eigenvalue weighted by molar-refractivity contribution is 7.99. The van der Waals surface area contributed by atoms with Gasteiger partial charge in [0.15, 0.2) is 11.0 Å². The molecule has 0 saturated heterocycles. The molecular formula is C22H34N5OS+. The number of nitrogens with two attached hydrogens (primary N) is 2. The lowest BCUT2D eigenvalue weighted by Crippen LogP contribution is -2.85. The average molecular weight is 417 g/mol. The minimum atomic E-state index is -0.239. The Morgan fingerprint density at radius 2 is 1.86 bits per heavy atom. The first kappa shape index (κ1) is 21.8. The molecule has 1 aliphatic rings. The predicted molar refractivity (Wildman–Crippen MR) is 118 cm³/mol. The molecule has 1 heterocycles. The lowest BCUT2D eigenvalue weighted by atomic mass is 9.86. The summed E-state index contributed by atoms with van der Waals surface area (Å²) in [6, 6.07) is 9.28. The summed E-state index contributed by atoms with van der Waals surface area (Å²) < 4.78 is 2.37. The fraction of sp³-hybridized carbons (Fsp3) is 0.591. The van der Waals surface area contributed by atoms with E-state index in [9.17, 15) is 4.79 Å². The van der Waals surface area contributed by atoms with Crippen LogP contribution in [0.5, 0.6) is 0 Å². The topological polar surface area (TPSA) is 90.4 Å². The fourth-order valence-corrected chi connectivity index (χ4v) is 4.75. The van der Waals surface area contributed by atoms with E-state index >= 15 is 0 Å². The molecule has 158 valence electrons. The summed E-state index contributed by atoms with van der Waals surface area (Å²) in [6.45, 7) is 8.39. The minimum absolute atomic E-state index is 0.143. The van der Waals surface area contributed by atoms with Gasteiger partial charge in [-0.05, 0) is 23.8 Å². The lowest BCUT2D eigenvalue weighted by molar-refractivity contribution is -0.649. The van der Waals surface area contributed by atoms with Crippen LogP contribution in [0, 0.1) is 0 Å². The first-order chi connectivity index (χ1) is 13.9. The van der Waals surface area contributed by atoms with E-state index in [-0.39, 0.29) is 11.3 Å². The van der Waals surface area contributed by atoms with E-state index in [1.54, 1.807) is 11.8 Å².